The molecule has 4 heteroatoms. The van der Waals surface area contributed by atoms with E-state index in [1.807, 2.05) is 0 Å². The van der Waals surface area contributed by atoms with Crippen LogP contribution in [0.5, 0.6) is 0 Å². The molecule has 106 valence electrons. The molecule has 0 spiro atoms. The van der Waals surface area contributed by atoms with Crippen molar-refractivity contribution in [3.05, 3.63) is 27.9 Å². The second kappa shape index (κ2) is 5.08. The average molecular weight is 264 g/mol. The zero-order chi connectivity index (χ0) is 14.1. The number of rotatable bonds is 2. The normalized spacial score (nSPS) is 19.4. The molecule has 1 N–H and O–H groups in total. The lowest BCUT2D eigenvalue weighted by Gasteiger charge is -2.35. The van der Waals surface area contributed by atoms with Gasteiger partial charge in [-0.15, -0.1) is 0 Å². The van der Waals surface area contributed by atoms with Gasteiger partial charge in [0.2, 0.25) is 0 Å². The van der Waals surface area contributed by atoms with Gasteiger partial charge in [-0.1, -0.05) is 40.0 Å². The predicted molar refractivity (Wildman–Crippen MR) is 75.3 cm³/mol. The molecule has 0 aromatic carbocycles. The summed E-state index contributed by atoms with van der Waals surface area (Å²) in [6.45, 7) is 6.21. The van der Waals surface area contributed by atoms with Gasteiger partial charge in [-0.3, -0.25) is 4.79 Å². The van der Waals surface area contributed by atoms with Gasteiger partial charge in [0.1, 0.15) is 11.4 Å². The maximum absolute atomic E-state index is 11.9. The van der Waals surface area contributed by atoms with Crippen LogP contribution in [-0.4, -0.2) is 17.1 Å². The number of nitrogens with zero attached hydrogens (tertiary/aromatic N) is 1. The van der Waals surface area contributed by atoms with Gasteiger partial charge in [0.05, 0.1) is 5.69 Å². The molecule has 0 unspecified atom stereocenters. The average Bonchev–Trinajstić information content (AvgIpc) is 2.38. The van der Waals surface area contributed by atoms with E-state index in [2.05, 4.69) is 25.8 Å². The third kappa shape index (κ3) is 2.89. The molecule has 0 aliphatic heterocycles. The molecule has 0 atom stereocenters. The van der Waals surface area contributed by atoms with Crippen LogP contribution < -0.4 is 5.56 Å². The summed E-state index contributed by atoms with van der Waals surface area (Å²) in [5.74, 6) is 0.701. The van der Waals surface area contributed by atoms with Gasteiger partial charge in [-0.25, -0.2) is 4.98 Å². The molecule has 1 saturated carbocycles. The summed E-state index contributed by atoms with van der Waals surface area (Å²) in [4.78, 5) is 19.5. The quantitative estimate of drug-likeness (QED) is 0.893. The van der Waals surface area contributed by atoms with Crippen LogP contribution >= 0.6 is 0 Å². The number of aromatic nitrogens is 2. The monoisotopic (exact) mass is 264 g/mol. The lowest BCUT2D eigenvalue weighted by molar-refractivity contribution is -0.0519. The second-order valence-electron chi connectivity index (χ2n) is 6.49. The maximum Gasteiger partial charge on any atom is 0.251 e. The Morgan fingerprint density at radius 2 is 1.89 bits per heavy atom. The Morgan fingerprint density at radius 3 is 2.42 bits per heavy atom. The first-order chi connectivity index (χ1) is 8.87. The molecule has 0 saturated heterocycles. The summed E-state index contributed by atoms with van der Waals surface area (Å²) < 4.78 is 5.75. The van der Waals surface area contributed by atoms with Crippen molar-refractivity contribution in [2.75, 3.05) is 7.11 Å². The van der Waals surface area contributed by atoms with Gasteiger partial charge >= 0.3 is 0 Å². The zero-order valence-corrected chi connectivity index (χ0v) is 12.4. The van der Waals surface area contributed by atoms with Crippen LogP contribution in [-0.2, 0) is 15.8 Å². The molecule has 0 bridgehead atoms. The SMILES string of the molecule is COC1(c2nc(C(C)(C)C)cc(=O)[nH]2)CCCCC1. The van der Waals surface area contributed by atoms with E-state index in [1.165, 1.54) is 6.42 Å². The molecule has 1 aromatic heterocycles. The molecule has 0 radical (unpaired) electrons. The largest absolute Gasteiger partial charge is 0.370 e. The third-order valence-electron chi connectivity index (χ3n) is 3.99. The fourth-order valence-electron chi connectivity index (χ4n) is 2.72. The summed E-state index contributed by atoms with van der Waals surface area (Å²) in [5.41, 5.74) is 0.204. The summed E-state index contributed by atoms with van der Waals surface area (Å²) in [6.07, 6.45) is 5.34. The number of methoxy groups -OCH3 is 1. The highest BCUT2D eigenvalue weighted by Gasteiger charge is 2.37. The molecule has 19 heavy (non-hydrogen) atoms. The number of nitrogens with one attached hydrogen (secondary N) is 1. The van der Waals surface area contributed by atoms with Crippen molar-refractivity contribution in [1.82, 2.24) is 9.97 Å². The van der Waals surface area contributed by atoms with Crippen molar-refractivity contribution in [2.24, 2.45) is 0 Å². The van der Waals surface area contributed by atoms with Gasteiger partial charge in [-0.05, 0) is 12.8 Å². The number of hydrogen-bond donors (Lipinski definition) is 1. The first-order valence-electron chi connectivity index (χ1n) is 7.05. The van der Waals surface area contributed by atoms with Crippen LogP contribution in [0.4, 0.5) is 0 Å². The highest BCUT2D eigenvalue weighted by atomic mass is 16.5. The topological polar surface area (TPSA) is 55.0 Å². The second-order valence-corrected chi connectivity index (χ2v) is 6.49. The Balaban J connectivity index is 2.49. The predicted octanol–water partition coefficient (Wildman–Crippen LogP) is 2.87. The van der Waals surface area contributed by atoms with E-state index >= 15 is 0 Å². The van der Waals surface area contributed by atoms with Gasteiger partial charge in [-0.2, -0.15) is 0 Å². The molecule has 0 amide bonds. The summed E-state index contributed by atoms with van der Waals surface area (Å²) >= 11 is 0. The molecule has 1 aliphatic carbocycles. The number of hydrogen-bond acceptors (Lipinski definition) is 3. The van der Waals surface area contributed by atoms with E-state index in [0.29, 0.717) is 5.82 Å². The van der Waals surface area contributed by atoms with E-state index in [0.717, 1.165) is 31.4 Å². The van der Waals surface area contributed by atoms with Crippen molar-refractivity contribution in [2.45, 2.75) is 63.9 Å². The smallest absolute Gasteiger partial charge is 0.251 e. The van der Waals surface area contributed by atoms with Crippen LogP contribution in [0.1, 0.15) is 64.4 Å². The molecule has 1 aliphatic rings. The Hall–Kier alpha value is -1.16. The van der Waals surface area contributed by atoms with Crippen molar-refractivity contribution in [3.63, 3.8) is 0 Å². The molecule has 1 heterocycles. The van der Waals surface area contributed by atoms with Gasteiger partial charge in [0, 0.05) is 18.6 Å². The minimum Gasteiger partial charge on any atom is -0.370 e. The van der Waals surface area contributed by atoms with E-state index in [9.17, 15) is 4.79 Å². The van der Waals surface area contributed by atoms with Crippen LogP contribution in [0.15, 0.2) is 10.9 Å². The number of aromatic amines is 1. The van der Waals surface area contributed by atoms with Crippen LogP contribution in [0.3, 0.4) is 0 Å². The molecule has 4 nitrogen and oxygen atoms in total. The van der Waals surface area contributed by atoms with E-state index in [4.69, 9.17) is 9.72 Å². The molecular weight excluding hydrogens is 240 g/mol. The van der Waals surface area contributed by atoms with Crippen molar-refractivity contribution < 1.29 is 4.74 Å². The van der Waals surface area contributed by atoms with Crippen molar-refractivity contribution in [3.8, 4) is 0 Å². The fraction of sp³-hybridized carbons (Fsp3) is 0.733. The van der Waals surface area contributed by atoms with Gasteiger partial charge in [0.15, 0.2) is 0 Å². The van der Waals surface area contributed by atoms with Crippen molar-refractivity contribution >= 4 is 0 Å². The third-order valence-corrected chi connectivity index (χ3v) is 3.99. The Bertz CT molecular complexity index is 494. The molecule has 2 rings (SSSR count). The van der Waals surface area contributed by atoms with E-state index in [1.54, 1.807) is 13.2 Å². The first-order valence-corrected chi connectivity index (χ1v) is 7.05. The molecule has 1 aromatic rings. The number of H-pyrrole nitrogens is 1. The molecular formula is C15H24N2O2. The minimum absolute atomic E-state index is 0.0862. The van der Waals surface area contributed by atoms with Crippen LogP contribution in [0.2, 0.25) is 0 Å². The molecule has 1 fully saturated rings. The lowest BCUT2D eigenvalue weighted by Crippen LogP contribution is -2.36. The van der Waals surface area contributed by atoms with Gasteiger partial charge in [0.25, 0.3) is 5.56 Å². The standard InChI is InChI=1S/C15H24N2O2/c1-14(2,3)11-10-12(18)17-13(16-11)15(19-4)8-6-5-7-9-15/h10H,5-9H2,1-4H3,(H,16,17,18). The minimum atomic E-state index is -0.404. The highest BCUT2D eigenvalue weighted by molar-refractivity contribution is 5.16. The summed E-state index contributed by atoms with van der Waals surface area (Å²) in [6, 6.07) is 1.59. The fourth-order valence-corrected chi connectivity index (χ4v) is 2.72. The maximum atomic E-state index is 11.9. The van der Waals surface area contributed by atoms with E-state index in [-0.39, 0.29) is 11.0 Å². The number of ether oxygens (including phenoxy) is 1. The van der Waals surface area contributed by atoms with Crippen LogP contribution in [0.25, 0.3) is 0 Å². The van der Waals surface area contributed by atoms with Crippen LogP contribution in [0, 0.1) is 0 Å². The van der Waals surface area contributed by atoms with E-state index < -0.39 is 5.60 Å². The summed E-state index contributed by atoms with van der Waals surface area (Å²) in [5, 5.41) is 0. The zero-order valence-electron chi connectivity index (χ0n) is 12.4. The highest BCUT2D eigenvalue weighted by Crippen LogP contribution is 2.38. The Morgan fingerprint density at radius 1 is 1.26 bits per heavy atom. The first kappa shape index (κ1) is 14.3. The Labute approximate surface area is 114 Å². The summed E-state index contributed by atoms with van der Waals surface area (Å²) in [7, 11) is 1.72. The lowest BCUT2D eigenvalue weighted by atomic mass is 9.83. The Kier molecular flexibility index (Phi) is 3.81. The van der Waals surface area contributed by atoms with Gasteiger partial charge < -0.3 is 9.72 Å². The van der Waals surface area contributed by atoms with Crippen molar-refractivity contribution in [1.29, 1.82) is 0 Å².